The minimum atomic E-state index is 0.907. The van der Waals surface area contributed by atoms with E-state index >= 15 is 0 Å². The van der Waals surface area contributed by atoms with Crippen LogP contribution in [0.5, 0.6) is 0 Å². The largest absolute Gasteiger partial charge is 0.455 e. The highest BCUT2D eigenvalue weighted by atomic mass is 16.3. The molecular formula is C76H46O. The van der Waals surface area contributed by atoms with E-state index in [-0.39, 0.29) is 0 Å². The fourth-order valence-corrected chi connectivity index (χ4v) is 12.8. The van der Waals surface area contributed by atoms with Crippen LogP contribution in [-0.2, 0) is 0 Å². The van der Waals surface area contributed by atoms with Crippen LogP contribution in [0, 0.1) is 0 Å². The maximum atomic E-state index is 6.67. The minimum absolute atomic E-state index is 0.907. The molecule has 16 rings (SSSR count). The number of benzene rings is 15. The van der Waals surface area contributed by atoms with Gasteiger partial charge in [0.1, 0.15) is 11.2 Å². The zero-order valence-corrected chi connectivity index (χ0v) is 42.0. The predicted octanol–water partition coefficient (Wildman–Crippen LogP) is 21.7. The van der Waals surface area contributed by atoms with Gasteiger partial charge in [0.25, 0.3) is 0 Å². The highest BCUT2D eigenvalue weighted by Gasteiger charge is 2.21. The summed E-state index contributed by atoms with van der Waals surface area (Å²) in [7, 11) is 0. The molecule has 0 fully saturated rings. The van der Waals surface area contributed by atoms with Gasteiger partial charge in [0.15, 0.2) is 0 Å². The Morgan fingerprint density at radius 3 is 1.01 bits per heavy atom. The van der Waals surface area contributed by atoms with Crippen molar-refractivity contribution in [2.24, 2.45) is 0 Å². The van der Waals surface area contributed by atoms with Gasteiger partial charge < -0.3 is 4.42 Å². The lowest BCUT2D eigenvalue weighted by molar-refractivity contribution is 0.670. The Morgan fingerprint density at radius 2 is 0.506 bits per heavy atom. The van der Waals surface area contributed by atoms with Crippen LogP contribution in [0.1, 0.15) is 0 Å². The molecular weight excluding hydrogens is 929 g/mol. The molecule has 0 unspecified atom stereocenters. The number of hydrogen-bond acceptors (Lipinski definition) is 1. The smallest absolute Gasteiger partial charge is 0.143 e. The molecule has 1 heteroatoms. The highest BCUT2D eigenvalue weighted by molar-refractivity contribution is 6.25. The fourth-order valence-electron chi connectivity index (χ4n) is 12.8. The van der Waals surface area contributed by atoms with E-state index in [9.17, 15) is 0 Å². The van der Waals surface area contributed by atoms with Gasteiger partial charge in [-0.25, -0.2) is 0 Å². The molecule has 0 amide bonds. The average Bonchev–Trinajstić information content (AvgIpc) is 3.92. The number of rotatable bonds is 6. The van der Waals surface area contributed by atoms with Gasteiger partial charge >= 0.3 is 0 Å². The Kier molecular flexibility index (Phi) is 9.71. The highest BCUT2D eigenvalue weighted by Crippen LogP contribution is 2.48. The molecule has 0 saturated heterocycles. The van der Waals surface area contributed by atoms with E-state index in [0.717, 1.165) is 27.5 Å². The topological polar surface area (TPSA) is 13.1 Å². The minimum Gasteiger partial charge on any atom is -0.455 e. The summed E-state index contributed by atoms with van der Waals surface area (Å²) in [4.78, 5) is 0. The lowest BCUT2D eigenvalue weighted by Crippen LogP contribution is -1.91. The second-order valence-electron chi connectivity index (χ2n) is 20.7. The first kappa shape index (κ1) is 43.3. The summed E-state index contributed by atoms with van der Waals surface area (Å²) in [6, 6.07) is 103. The van der Waals surface area contributed by atoms with E-state index in [2.05, 4.69) is 273 Å². The van der Waals surface area contributed by atoms with E-state index < -0.39 is 0 Å². The molecule has 0 aliphatic carbocycles. The summed E-state index contributed by atoms with van der Waals surface area (Å²) < 4.78 is 6.67. The van der Waals surface area contributed by atoms with Gasteiger partial charge in [0.2, 0.25) is 0 Å². The van der Waals surface area contributed by atoms with Crippen molar-refractivity contribution >= 4 is 97.3 Å². The van der Waals surface area contributed by atoms with Crippen LogP contribution in [0.15, 0.2) is 283 Å². The molecule has 0 saturated carbocycles. The van der Waals surface area contributed by atoms with E-state index in [1.807, 2.05) is 6.07 Å². The standard InChI is InChI=1S/C76H46O/c1-2-15-52-42-53(37-30-47(52)14-1)48-28-35-51(36-29-48)72-61-17-3-5-19-63(61)73(64-20-6-4-18-62(64)72)56-40-33-49-31-38-54(43-58(49)45-56)55-39-32-50-34-41-57(46-59(50)44-55)74-65-21-7-9-23-67(65)75(68-24-10-8-22-66(68)74)70-26-13-25-69-60-16-11-12-27-71(60)77-76(69)70/h1-46H. The fraction of sp³-hybridized carbons (Fsp3) is 0. The van der Waals surface area contributed by atoms with Crippen LogP contribution in [0.25, 0.3) is 164 Å². The van der Waals surface area contributed by atoms with Crippen LogP contribution in [0.2, 0.25) is 0 Å². The van der Waals surface area contributed by atoms with Crippen molar-refractivity contribution in [3.63, 3.8) is 0 Å². The first-order valence-corrected chi connectivity index (χ1v) is 26.6. The quantitative estimate of drug-likeness (QED) is 0.151. The third-order valence-electron chi connectivity index (χ3n) is 16.4. The van der Waals surface area contributed by atoms with Crippen molar-refractivity contribution in [3.8, 4) is 66.8 Å². The SMILES string of the molecule is c1ccc2cc(-c3ccc(-c4c5ccccc5c(-c5ccc6ccc(-c7ccc8ccc(-c9c%10ccccc%10c(-c%10cccc%11c%10oc%10ccccc%10%11)c%10ccccc9%10)cc8c7)cc6c5)c5ccccc45)cc3)ccc2c1. The second kappa shape index (κ2) is 17.2. The molecule has 0 radical (unpaired) electrons. The molecule has 15 aromatic carbocycles. The van der Waals surface area contributed by atoms with Crippen molar-refractivity contribution in [2.45, 2.75) is 0 Å². The summed E-state index contributed by atoms with van der Waals surface area (Å²) >= 11 is 0. The van der Waals surface area contributed by atoms with Gasteiger partial charge in [0, 0.05) is 21.9 Å². The van der Waals surface area contributed by atoms with Gasteiger partial charge in [-0.2, -0.15) is 0 Å². The number of para-hydroxylation sites is 2. The molecule has 0 aliphatic heterocycles. The summed E-state index contributed by atoms with van der Waals surface area (Å²) in [6.07, 6.45) is 0. The van der Waals surface area contributed by atoms with Crippen molar-refractivity contribution < 1.29 is 4.42 Å². The van der Waals surface area contributed by atoms with Gasteiger partial charge in [-0.3, -0.25) is 0 Å². The molecule has 0 atom stereocenters. The zero-order chi connectivity index (χ0) is 50.6. The Hall–Kier alpha value is -10.1. The zero-order valence-electron chi connectivity index (χ0n) is 42.0. The molecule has 0 bridgehead atoms. The average molecular weight is 975 g/mol. The lowest BCUT2D eigenvalue weighted by atomic mass is 9.85. The molecule has 0 aliphatic rings. The summed E-state index contributed by atoms with van der Waals surface area (Å²) in [6.45, 7) is 0. The summed E-state index contributed by atoms with van der Waals surface area (Å²) in [5, 5.41) is 19.5. The first-order valence-electron chi connectivity index (χ1n) is 26.6. The van der Waals surface area contributed by atoms with Crippen molar-refractivity contribution in [3.05, 3.63) is 279 Å². The monoisotopic (exact) mass is 974 g/mol. The van der Waals surface area contributed by atoms with Crippen molar-refractivity contribution in [1.82, 2.24) is 0 Å². The third-order valence-corrected chi connectivity index (χ3v) is 16.4. The molecule has 1 aromatic heterocycles. The predicted molar refractivity (Wildman–Crippen MR) is 329 cm³/mol. The van der Waals surface area contributed by atoms with Crippen LogP contribution in [0.4, 0.5) is 0 Å². The maximum absolute atomic E-state index is 6.67. The van der Waals surface area contributed by atoms with E-state index in [0.29, 0.717) is 0 Å². The van der Waals surface area contributed by atoms with Crippen LogP contribution >= 0.6 is 0 Å². The lowest BCUT2D eigenvalue weighted by Gasteiger charge is -2.18. The molecule has 1 nitrogen and oxygen atoms in total. The van der Waals surface area contributed by atoms with Crippen molar-refractivity contribution in [2.75, 3.05) is 0 Å². The van der Waals surface area contributed by atoms with Crippen LogP contribution < -0.4 is 0 Å². The molecule has 16 aromatic rings. The summed E-state index contributed by atoms with van der Waals surface area (Å²) in [5.41, 5.74) is 16.4. The van der Waals surface area contributed by atoms with Gasteiger partial charge in [0.05, 0.1) is 0 Å². The Balaban J connectivity index is 0.792. The van der Waals surface area contributed by atoms with E-state index in [1.165, 1.54) is 137 Å². The molecule has 77 heavy (non-hydrogen) atoms. The van der Waals surface area contributed by atoms with Crippen molar-refractivity contribution in [1.29, 1.82) is 0 Å². The van der Waals surface area contributed by atoms with Gasteiger partial charge in [-0.05, 0) is 167 Å². The Bertz CT molecular complexity index is 4980. The van der Waals surface area contributed by atoms with Gasteiger partial charge in [-0.1, -0.05) is 243 Å². The van der Waals surface area contributed by atoms with E-state index in [1.54, 1.807) is 0 Å². The number of fused-ring (bicyclic) bond motifs is 10. The Morgan fingerprint density at radius 1 is 0.182 bits per heavy atom. The summed E-state index contributed by atoms with van der Waals surface area (Å²) in [5.74, 6) is 0. The maximum Gasteiger partial charge on any atom is 0.143 e. The van der Waals surface area contributed by atoms with Gasteiger partial charge in [-0.15, -0.1) is 0 Å². The molecule has 356 valence electrons. The Labute approximate surface area is 445 Å². The van der Waals surface area contributed by atoms with Crippen LogP contribution in [0.3, 0.4) is 0 Å². The molecule has 0 N–H and O–H groups in total. The van der Waals surface area contributed by atoms with Crippen LogP contribution in [-0.4, -0.2) is 0 Å². The third kappa shape index (κ3) is 6.95. The molecule has 1 heterocycles. The number of furan rings is 1. The first-order chi connectivity index (χ1) is 38.2. The molecule has 0 spiro atoms. The number of hydrogen-bond donors (Lipinski definition) is 0. The normalized spacial score (nSPS) is 11.9. The van der Waals surface area contributed by atoms with E-state index in [4.69, 9.17) is 4.42 Å². The second-order valence-corrected chi connectivity index (χ2v) is 20.7.